The Hall–Kier alpha value is -1.34. The van der Waals surface area contributed by atoms with Crippen LogP contribution in [0.25, 0.3) is 20.2 Å². The zero-order chi connectivity index (χ0) is 12.0. The van der Waals surface area contributed by atoms with Crippen LogP contribution in [0.5, 0.6) is 0 Å². The van der Waals surface area contributed by atoms with Crippen molar-refractivity contribution in [1.29, 1.82) is 0 Å². The zero-order valence-corrected chi connectivity index (χ0v) is 11.3. The van der Waals surface area contributed by atoms with Crippen LogP contribution in [0.4, 0.5) is 0 Å². The highest BCUT2D eigenvalue weighted by Gasteiger charge is 2.11. The summed E-state index contributed by atoms with van der Waals surface area (Å²) >= 11 is 1.93. The number of hydrogen-bond donors (Lipinski definition) is 0. The van der Waals surface area contributed by atoms with Crippen LogP contribution in [-0.2, 0) is 0 Å². The van der Waals surface area contributed by atoms with Crippen LogP contribution >= 0.6 is 11.3 Å². The molecule has 3 rings (SSSR count). The highest BCUT2D eigenvalue weighted by molar-refractivity contribution is 7.26. The van der Waals surface area contributed by atoms with Gasteiger partial charge in [-0.05, 0) is 30.5 Å². The van der Waals surface area contributed by atoms with Crippen LogP contribution in [0, 0.1) is 6.92 Å². The Morgan fingerprint density at radius 3 is 2.53 bits per heavy atom. The molecular weight excluding hydrogens is 224 g/mol. The fourth-order valence-corrected chi connectivity index (χ4v) is 3.78. The summed E-state index contributed by atoms with van der Waals surface area (Å²) in [6.45, 7) is 6.74. The van der Waals surface area contributed by atoms with E-state index in [-0.39, 0.29) is 0 Å². The van der Waals surface area contributed by atoms with Crippen LogP contribution in [0.2, 0.25) is 0 Å². The van der Waals surface area contributed by atoms with E-state index >= 15 is 0 Å². The first-order chi connectivity index (χ1) is 8.16. The average Bonchev–Trinajstić information content (AvgIpc) is 2.66. The van der Waals surface area contributed by atoms with E-state index in [0.717, 1.165) is 0 Å². The first-order valence-corrected chi connectivity index (χ1v) is 6.90. The highest BCUT2D eigenvalue weighted by atomic mass is 32.1. The maximum absolute atomic E-state index is 2.34. The molecule has 86 valence electrons. The number of benzene rings is 2. The molecule has 0 N–H and O–H groups in total. The lowest BCUT2D eigenvalue weighted by Crippen LogP contribution is -1.88. The van der Waals surface area contributed by atoms with Gasteiger partial charge >= 0.3 is 0 Å². The van der Waals surface area contributed by atoms with Gasteiger partial charge in [0.1, 0.15) is 0 Å². The topological polar surface area (TPSA) is 0 Å². The van der Waals surface area contributed by atoms with Gasteiger partial charge in [-0.1, -0.05) is 43.7 Å². The molecule has 0 fully saturated rings. The fraction of sp³-hybridized carbons (Fsp3) is 0.250. The standard InChI is InChI=1S/C16H16S/c1-10(2)13-8-11(3)9-14-12-6-4-5-7-15(12)17-16(13)14/h4-10H,1-3H3. The van der Waals surface area contributed by atoms with Gasteiger partial charge in [0, 0.05) is 20.2 Å². The van der Waals surface area contributed by atoms with Gasteiger partial charge in [0.15, 0.2) is 0 Å². The van der Waals surface area contributed by atoms with Crippen LogP contribution in [0.15, 0.2) is 36.4 Å². The van der Waals surface area contributed by atoms with E-state index < -0.39 is 0 Å². The van der Waals surface area contributed by atoms with E-state index in [1.807, 2.05) is 11.3 Å². The molecule has 3 aromatic rings. The van der Waals surface area contributed by atoms with Gasteiger partial charge in [-0.2, -0.15) is 0 Å². The van der Waals surface area contributed by atoms with Gasteiger partial charge in [0.2, 0.25) is 0 Å². The summed E-state index contributed by atoms with van der Waals surface area (Å²) in [6.07, 6.45) is 0. The first kappa shape index (κ1) is 10.8. The van der Waals surface area contributed by atoms with E-state index in [2.05, 4.69) is 57.2 Å². The highest BCUT2D eigenvalue weighted by Crippen LogP contribution is 2.38. The SMILES string of the molecule is Cc1cc(C(C)C)c2sc3ccccc3c2c1. The lowest BCUT2D eigenvalue weighted by Gasteiger charge is -2.08. The minimum Gasteiger partial charge on any atom is -0.135 e. The molecular formula is C16H16S. The second-order valence-corrected chi connectivity index (χ2v) is 6.04. The van der Waals surface area contributed by atoms with Crippen molar-refractivity contribution in [3.63, 3.8) is 0 Å². The summed E-state index contributed by atoms with van der Waals surface area (Å²) in [5, 5.41) is 2.83. The molecule has 0 spiro atoms. The molecule has 0 aliphatic heterocycles. The molecule has 0 aliphatic rings. The molecule has 0 saturated heterocycles. The van der Waals surface area contributed by atoms with E-state index in [1.165, 1.54) is 31.3 Å². The molecule has 1 heteroatoms. The Labute approximate surface area is 106 Å². The summed E-state index contributed by atoms with van der Waals surface area (Å²) in [7, 11) is 0. The van der Waals surface area contributed by atoms with Crippen LogP contribution in [-0.4, -0.2) is 0 Å². The maximum Gasteiger partial charge on any atom is 0.0390 e. The third kappa shape index (κ3) is 1.66. The molecule has 0 nitrogen and oxygen atoms in total. The summed E-state index contributed by atoms with van der Waals surface area (Å²) in [6, 6.07) is 13.4. The van der Waals surface area contributed by atoms with Gasteiger partial charge in [0.05, 0.1) is 0 Å². The maximum atomic E-state index is 2.34. The number of thiophene rings is 1. The number of fused-ring (bicyclic) bond motifs is 3. The quantitative estimate of drug-likeness (QED) is 0.528. The molecule has 0 atom stereocenters. The van der Waals surface area contributed by atoms with Crippen molar-refractivity contribution in [3.05, 3.63) is 47.5 Å². The smallest absolute Gasteiger partial charge is 0.0390 e. The third-order valence-electron chi connectivity index (χ3n) is 3.27. The van der Waals surface area contributed by atoms with Crippen molar-refractivity contribution in [2.24, 2.45) is 0 Å². The van der Waals surface area contributed by atoms with E-state index in [0.29, 0.717) is 5.92 Å². The second kappa shape index (κ2) is 3.85. The molecule has 0 aliphatic carbocycles. The third-order valence-corrected chi connectivity index (χ3v) is 4.51. The van der Waals surface area contributed by atoms with Gasteiger partial charge < -0.3 is 0 Å². The fourth-order valence-electron chi connectivity index (χ4n) is 2.43. The predicted molar refractivity (Wildman–Crippen MR) is 78.2 cm³/mol. The number of aryl methyl sites for hydroxylation is 1. The largest absolute Gasteiger partial charge is 0.135 e. The van der Waals surface area contributed by atoms with Crippen LogP contribution in [0.1, 0.15) is 30.9 Å². The van der Waals surface area contributed by atoms with Gasteiger partial charge in [0.25, 0.3) is 0 Å². The molecule has 2 aromatic carbocycles. The Morgan fingerprint density at radius 2 is 1.76 bits per heavy atom. The van der Waals surface area contributed by atoms with Gasteiger partial charge in [-0.3, -0.25) is 0 Å². The minimum atomic E-state index is 0.588. The molecule has 17 heavy (non-hydrogen) atoms. The van der Waals surface area contributed by atoms with Crippen LogP contribution in [0.3, 0.4) is 0 Å². The Morgan fingerprint density at radius 1 is 1.00 bits per heavy atom. The molecule has 1 heterocycles. The molecule has 0 unspecified atom stereocenters. The van der Waals surface area contributed by atoms with Gasteiger partial charge in [-0.15, -0.1) is 11.3 Å². The lowest BCUT2D eigenvalue weighted by atomic mass is 9.98. The normalized spacial score (nSPS) is 11.8. The molecule has 1 aromatic heterocycles. The van der Waals surface area contributed by atoms with Crippen molar-refractivity contribution in [3.8, 4) is 0 Å². The Bertz CT molecular complexity index is 689. The molecule has 0 bridgehead atoms. The summed E-state index contributed by atoms with van der Waals surface area (Å²) in [5.74, 6) is 0.588. The summed E-state index contributed by atoms with van der Waals surface area (Å²) in [4.78, 5) is 0. The lowest BCUT2D eigenvalue weighted by molar-refractivity contribution is 0.876. The Kier molecular flexibility index (Phi) is 2.44. The van der Waals surface area contributed by atoms with Crippen molar-refractivity contribution in [1.82, 2.24) is 0 Å². The Balaban J connectivity index is 2.51. The van der Waals surface area contributed by atoms with Gasteiger partial charge in [-0.25, -0.2) is 0 Å². The van der Waals surface area contributed by atoms with Crippen molar-refractivity contribution in [2.75, 3.05) is 0 Å². The minimum absolute atomic E-state index is 0.588. The van der Waals surface area contributed by atoms with Crippen molar-refractivity contribution in [2.45, 2.75) is 26.7 Å². The molecule has 0 radical (unpaired) electrons. The number of hydrogen-bond acceptors (Lipinski definition) is 1. The zero-order valence-electron chi connectivity index (χ0n) is 10.4. The van der Waals surface area contributed by atoms with E-state index in [4.69, 9.17) is 0 Å². The van der Waals surface area contributed by atoms with E-state index in [9.17, 15) is 0 Å². The van der Waals surface area contributed by atoms with Crippen molar-refractivity contribution >= 4 is 31.5 Å². The molecule has 0 amide bonds. The van der Waals surface area contributed by atoms with Crippen molar-refractivity contribution < 1.29 is 0 Å². The monoisotopic (exact) mass is 240 g/mol. The first-order valence-electron chi connectivity index (χ1n) is 6.08. The predicted octanol–water partition coefficient (Wildman–Crippen LogP) is 5.49. The number of rotatable bonds is 1. The molecule has 0 saturated carbocycles. The van der Waals surface area contributed by atoms with E-state index in [1.54, 1.807) is 0 Å². The van der Waals surface area contributed by atoms with Crippen LogP contribution < -0.4 is 0 Å². The average molecular weight is 240 g/mol. The summed E-state index contributed by atoms with van der Waals surface area (Å²) < 4.78 is 2.86. The summed E-state index contributed by atoms with van der Waals surface area (Å²) in [5.41, 5.74) is 2.85. The second-order valence-electron chi connectivity index (χ2n) is 4.98.